The number of rotatable bonds is 9. The monoisotopic (exact) mass is 557 g/mol. The zero-order valence-electron chi connectivity index (χ0n) is 23.9. The summed E-state index contributed by atoms with van der Waals surface area (Å²) < 4.78 is 30.1. The minimum absolute atomic E-state index is 0.162. The van der Waals surface area contributed by atoms with E-state index in [1.807, 2.05) is 81.6 Å². The van der Waals surface area contributed by atoms with Gasteiger partial charge in [-0.15, -0.1) is 0 Å². The highest BCUT2D eigenvalue weighted by atomic mass is 32.2. The van der Waals surface area contributed by atoms with Crippen LogP contribution in [0.4, 0.5) is 5.69 Å². The summed E-state index contributed by atoms with van der Waals surface area (Å²) in [6.07, 6.45) is 8.79. The molecule has 40 heavy (non-hydrogen) atoms. The van der Waals surface area contributed by atoms with Crippen LogP contribution in [0.2, 0.25) is 0 Å². The number of benzene rings is 2. The van der Waals surface area contributed by atoms with Gasteiger partial charge in [0.25, 0.3) is 0 Å². The molecular formula is C32H39N5O2S. The summed E-state index contributed by atoms with van der Waals surface area (Å²) in [5.41, 5.74) is 4.31. The maximum Gasteiger partial charge on any atom is 0.244 e. The Morgan fingerprint density at radius 2 is 1.88 bits per heavy atom. The summed E-state index contributed by atoms with van der Waals surface area (Å²) in [7, 11) is -2.30. The second-order valence-electron chi connectivity index (χ2n) is 9.37. The molecule has 1 aliphatic heterocycles. The van der Waals surface area contributed by atoms with Crippen molar-refractivity contribution < 1.29 is 8.42 Å². The normalized spacial score (nSPS) is 16.0. The van der Waals surface area contributed by atoms with E-state index in [1.54, 1.807) is 29.7 Å². The van der Waals surface area contributed by atoms with Crippen LogP contribution < -0.4 is 4.90 Å². The Kier molecular flexibility index (Phi) is 11.6. The summed E-state index contributed by atoms with van der Waals surface area (Å²) in [6.45, 7) is 7.23. The van der Waals surface area contributed by atoms with Gasteiger partial charge in [-0.3, -0.25) is 9.98 Å². The van der Waals surface area contributed by atoms with Gasteiger partial charge in [-0.25, -0.2) is 8.42 Å². The quantitative estimate of drug-likeness (QED) is 0.295. The number of hydrogen-bond acceptors (Lipinski definition) is 6. The average Bonchev–Trinajstić information content (AvgIpc) is 3.13. The predicted molar refractivity (Wildman–Crippen MR) is 164 cm³/mol. The van der Waals surface area contributed by atoms with Crippen LogP contribution in [0.5, 0.6) is 0 Å². The molecule has 0 unspecified atom stereocenters. The molecule has 0 radical (unpaired) electrons. The number of fused-ring (bicyclic) bond motifs is 1. The number of anilines is 1. The molecule has 1 aliphatic rings. The third kappa shape index (κ3) is 7.65. The van der Waals surface area contributed by atoms with Crippen molar-refractivity contribution in [3.8, 4) is 6.07 Å². The van der Waals surface area contributed by atoms with Crippen LogP contribution in [0.15, 0.2) is 89.0 Å². The van der Waals surface area contributed by atoms with Crippen LogP contribution >= 0.6 is 0 Å². The molecular weight excluding hydrogens is 518 g/mol. The van der Waals surface area contributed by atoms with E-state index >= 15 is 0 Å². The molecule has 0 saturated heterocycles. The minimum atomic E-state index is -3.89. The molecule has 1 aromatic heterocycles. The van der Waals surface area contributed by atoms with E-state index in [-0.39, 0.29) is 17.5 Å². The maximum absolute atomic E-state index is 14.2. The maximum atomic E-state index is 14.2. The van der Waals surface area contributed by atoms with Gasteiger partial charge in [0, 0.05) is 57.0 Å². The lowest BCUT2D eigenvalue weighted by atomic mass is 10.1. The highest BCUT2D eigenvalue weighted by molar-refractivity contribution is 7.93. The van der Waals surface area contributed by atoms with Crippen LogP contribution in [0.3, 0.4) is 0 Å². The van der Waals surface area contributed by atoms with Gasteiger partial charge in [-0.1, -0.05) is 69.7 Å². The molecule has 0 N–H and O–H groups in total. The number of nitriles is 1. The number of aromatic nitrogens is 1. The smallest absolute Gasteiger partial charge is 0.244 e. The number of nitrogens with zero attached hydrogens (tertiary/aromatic N) is 5. The molecule has 3 aromatic rings. The lowest BCUT2D eigenvalue weighted by Gasteiger charge is -2.32. The number of sulfonamides is 1. The van der Waals surface area contributed by atoms with Gasteiger partial charge in [0.2, 0.25) is 10.0 Å². The largest absolute Gasteiger partial charge is 0.365 e. The zero-order valence-corrected chi connectivity index (χ0v) is 24.7. The van der Waals surface area contributed by atoms with Crippen LogP contribution in [0.25, 0.3) is 0 Å². The first-order valence-electron chi connectivity index (χ1n) is 13.8. The number of aliphatic imine (C=N–C) groups is 1. The summed E-state index contributed by atoms with van der Waals surface area (Å²) in [5.74, 6) is 0. The van der Waals surface area contributed by atoms with E-state index in [4.69, 9.17) is 0 Å². The SMILES string of the molecule is CC.CCC/C=C(\C=NC)S(=O)(=O)N1Cc2cc(C#N)ccc2N(Cc2cccnc2)C[C@H]1Cc1ccccc1. The summed E-state index contributed by atoms with van der Waals surface area (Å²) in [5, 5.41) is 9.61. The molecule has 4 rings (SSSR count). The van der Waals surface area contributed by atoms with Gasteiger partial charge < -0.3 is 4.90 Å². The molecule has 8 heteroatoms. The van der Waals surface area contributed by atoms with Crippen molar-refractivity contribution in [3.05, 3.63) is 106 Å². The van der Waals surface area contributed by atoms with E-state index in [1.165, 1.54) is 6.21 Å². The van der Waals surface area contributed by atoms with Gasteiger partial charge in [-0.05, 0) is 53.8 Å². The van der Waals surface area contributed by atoms with Crippen LogP contribution in [-0.2, 0) is 29.5 Å². The fraction of sp³-hybridized carbons (Fsp3) is 0.344. The summed E-state index contributed by atoms with van der Waals surface area (Å²) in [4.78, 5) is 10.8. The van der Waals surface area contributed by atoms with Crippen molar-refractivity contribution in [2.45, 2.75) is 59.2 Å². The Bertz CT molecular complexity index is 1430. The van der Waals surface area contributed by atoms with Crippen LogP contribution in [0, 0.1) is 11.3 Å². The Morgan fingerprint density at radius 1 is 1.12 bits per heavy atom. The standard InChI is InChI=1S/C30H33N5O2S.C2H6/c1-3-4-12-29(20-32-2)38(36,37)35-22-27-16-25(18-31)13-14-30(27)34(21-26-11-8-15-33-19-26)23-28(35)17-24-9-6-5-7-10-24;1-2/h5-16,19-20,28H,3-4,17,21-23H2,1-2H3;1-2H3/b29-12+,32-20?;/t28-;/m1./s1. The van der Waals surface area contributed by atoms with Crippen molar-refractivity contribution >= 4 is 21.9 Å². The molecule has 0 amide bonds. The van der Waals surface area contributed by atoms with E-state index < -0.39 is 10.0 Å². The fourth-order valence-corrected chi connectivity index (χ4v) is 6.48. The van der Waals surface area contributed by atoms with Crippen molar-refractivity contribution in [3.63, 3.8) is 0 Å². The Hall–Kier alpha value is -3.80. The molecule has 0 spiro atoms. The molecule has 210 valence electrons. The molecule has 0 fully saturated rings. The van der Waals surface area contributed by atoms with Crippen molar-refractivity contribution in [2.75, 3.05) is 18.5 Å². The zero-order chi connectivity index (χ0) is 29.0. The first-order valence-corrected chi connectivity index (χ1v) is 15.2. The van der Waals surface area contributed by atoms with Gasteiger partial charge in [0.1, 0.15) is 0 Å². The van der Waals surface area contributed by atoms with Gasteiger partial charge in [-0.2, -0.15) is 9.57 Å². The molecule has 0 aliphatic carbocycles. The van der Waals surface area contributed by atoms with Gasteiger partial charge >= 0.3 is 0 Å². The highest BCUT2D eigenvalue weighted by Crippen LogP contribution is 2.33. The van der Waals surface area contributed by atoms with Crippen molar-refractivity contribution in [1.82, 2.24) is 9.29 Å². The number of hydrogen-bond donors (Lipinski definition) is 0. The van der Waals surface area contributed by atoms with E-state index in [2.05, 4.69) is 20.9 Å². The lowest BCUT2D eigenvalue weighted by Crippen LogP contribution is -2.46. The third-order valence-corrected chi connectivity index (χ3v) is 8.53. The van der Waals surface area contributed by atoms with E-state index in [0.29, 0.717) is 31.5 Å². The molecule has 1 atom stereocenters. The van der Waals surface area contributed by atoms with Crippen molar-refractivity contribution in [2.24, 2.45) is 4.99 Å². The Morgan fingerprint density at radius 3 is 2.52 bits per heavy atom. The Balaban J connectivity index is 0.00000216. The molecule has 7 nitrogen and oxygen atoms in total. The first kappa shape index (κ1) is 30.7. The molecule has 2 aromatic carbocycles. The van der Waals surface area contributed by atoms with E-state index in [0.717, 1.165) is 28.8 Å². The van der Waals surface area contributed by atoms with Gasteiger partial charge in [0.15, 0.2) is 0 Å². The summed E-state index contributed by atoms with van der Waals surface area (Å²) in [6, 6.07) is 21.3. The minimum Gasteiger partial charge on any atom is -0.365 e. The number of allylic oxidation sites excluding steroid dienone is 2. The first-order chi connectivity index (χ1) is 19.5. The summed E-state index contributed by atoms with van der Waals surface area (Å²) >= 11 is 0. The topological polar surface area (TPSA) is 89.7 Å². The molecule has 0 saturated carbocycles. The second-order valence-corrected chi connectivity index (χ2v) is 11.3. The van der Waals surface area contributed by atoms with Gasteiger partial charge in [0.05, 0.1) is 16.5 Å². The fourth-order valence-electron chi connectivity index (χ4n) is 4.80. The van der Waals surface area contributed by atoms with Crippen LogP contribution in [0.1, 0.15) is 55.9 Å². The van der Waals surface area contributed by atoms with Crippen molar-refractivity contribution in [1.29, 1.82) is 5.26 Å². The Labute approximate surface area is 239 Å². The average molecular weight is 558 g/mol. The third-order valence-electron chi connectivity index (χ3n) is 6.62. The number of unbranched alkanes of at least 4 members (excludes halogenated alkanes) is 1. The second kappa shape index (κ2) is 15.1. The van der Waals surface area contributed by atoms with Crippen LogP contribution in [-0.4, -0.2) is 43.6 Å². The molecule has 0 bridgehead atoms. The highest BCUT2D eigenvalue weighted by Gasteiger charge is 2.37. The predicted octanol–water partition coefficient (Wildman–Crippen LogP) is 6.13. The lowest BCUT2D eigenvalue weighted by molar-refractivity contribution is 0.321. The molecule has 2 heterocycles. The van der Waals surface area contributed by atoms with E-state index in [9.17, 15) is 13.7 Å². The number of pyridine rings is 1.